The quantitative estimate of drug-likeness (QED) is 0.367. The molecule has 0 heterocycles. The highest BCUT2D eigenvalue weighted by atomic mass is 32.1. The average Bonchev–Trinajstić information content (AvgIpc) is 2.39. The first-order valence-electron chi connectivity index (χ1n) is 5.63. The van der Waals surface area contributed by atoms with Crippen LogP contribution >= 0.6 is 24.4 Å². The highest BCUT2D eigenvalue weighted by Gasteiger charge is 2.34. The summed E-state index contributed by atoms with van der Waals surface area (Å²) in [4.78, 5) is 9.82. The Balaban J connectivity index is 4.21. The standard InChI is InChI=1S/C10H15F3N2O4S2/c1-19-8(18)6(4-16)15-7(20)2-5(17)3-14-9(21)10(11,12)13/h5-6,16-17H,2-4H2,1H3,(H,14,21)(H,15,20). The van der Waals surface area contributed by atoms with E-state index in [-0.39, 0.29) is 11.4 Å². The number of aliphatic hydroxyl groups excluding tert-OH is 2. The number of methoxy groups -OCH3 is 1. The van der Waals surface area contributed by atoms with Gasteiger partial charge in [-0.1, -0.05) is 24.4 Å². The third-order valence-electron chi connectivity index (χ3n) is 2.18. The third kappa shape index (κ3) is 8.09. The van der Waals surface area contributed by atoms with Crippen LogP contribution in [0, 0.1) is 0 Å². The fourth-order valence-electron chi connectivity index (χ4n) is 1.17. The van der Waals surface area contributed by atoms with Crippen LogP contribution < -0.4 is 10.6 Å². The molecule has 0 saturated heterocycles. The topological polar surface area (TPSA) is 90.8 Å². The van der Waals surface area contributed by atoms with Gasteiger partial charge in [-0.15, -0.1) is 0 Å². The molecule has 0 aromatic rings. The lowest BCUT2D eigenvalue weighted by Crippen LogP contribution is -2.45. The average molecular weight is 348 g/mol. The molecule has 0 aliphatic rings. The van der Waals surface area contributed by atoms with Gasteiger partial charge in [0, 0.05) is 13.0 Å². The van der Waals surface area contributed by atoms with Crippen LogP contribution in [0.3, 0.4) is 0 Å². The van der Waals surface area contributed by atoms with Crippen LogP contribution in [0.15, 0.2) is 0 Å². The fraction of sp³-hybridized carbons (Fsp3) is 0.700. The minimum atomic E-state index is -4.67. The van der Waals surface area contributed by atoms with Gasteiger partial charge in [-0.05, 0) is 0 Å². The largest absolute Gasteiger partial charge is 0.467 e. The van der Waals surface area contributed by atoms with Gasteiger partial charge in [0.25, 0.3) is 0 Å². The molecule has 0 aromatic heterocycles. The van der Waals surface area contributed by atoms with Gasteiger partial charge in [0.05, 0.1) is 24.8 Å². The maximum atomic E-state index is 12.1. The summed E-state index contributed by atoms with van der Waals surface area (Å²) in [5.41, 5.74) is 0. The summed E-state index contributed by atoms with van der Waals surface area (Å²) in [5.74, 6) is -0.759. The first-order valence-corrected chi connectivity index (χ1v) is 6.44. The van der Waals surface area contributed by atoms with Crippen LogP contribution in [0.5, 0.6) is 0 Å². The molecule has 0 aliphatic heterocycles. The zero-order chi connectivity index (χ0) is 16.6. The van der Waals surface area contributed by atoms with Crippen molar-refractivity contribution >= 4 is 40.4 Å². The van der Waals surface area contributed by atoms with Gasteiger partial charge in [0.2, 0.25) is 0 Å². The second-order valence-electron chi connectivity index (χ2n) is 3.89. The lowest BCUT2D eigenvalue weighted by molar-refractivity contribution is -0.143. The van der Waals surface area contributed by atoms with Gasteiger partial charge in [0.15, 0.2) is 4.99 Å². The van der Waals surface area contributed by atoms with E-state index in [4.69, 9.17) is 17.3 Å². The SMILES string of the molecule is COC(=O)C(CO)NC(=S)CC(O)CNC(=S)C(F)(F)F. The van der Waals surface area contributed by atoms with Crippen molar-refractivity contribution in [2.45, 2.75) is 24.7 Å². The van der Waals surface area contributed by atoms with E-state index in [0.29, 0.717) is 0 Å². The van der Waals surface area contributed by atoms with Crippen molar-refractivity contribution < 1.29 is 32.9 Å². The van der Waals surface area contributed by atoms with E-state index in [1.807, 2.05) is 5.32 Å². The number of carbonyl (C=O) groups excluding carboxylic acids is 1. The molecule has 11 heteroatoms. The lowest BCUT2D eigenvalue weighted by atomic mass is 10.2. The Labute approximate surface area is 129 Å². The summed E-state index contributed by atoms with van der Waals surface area (Å²) in [6.07, 6.45) is -6.13. The van der Waals surface area contributed by atoms with Crippen molar-refractivity contribution in [3.63, 3.8) is 0 Å². The minimum absolute atomic E-state index is 0.00771. The molecule has 0 radical (unpaired) electrons. The van der Waals surface area contributed by atoms with E-state index in [0.717, 1.165) is 7.11 Å². The number of thiocarbonyl (C=S) groups is 2. The van der Waals surface area contributed by atoms with Crippen LogP contribution in [-0.4, -0.2) is 64.7 Å². The second kappa shape index (κ2) is 9.07. The zero-order valence-corrected chi connectivity index (χ0v) is 12.6. The van der Waals surface area contributed by atoms with Crippen LogP contribution in [0.2, 0.25) is 0 Å². The van der Waals surface area contributed by atoms with E-state index >= 15 is 0 Å². The number of carbonyl (C=O) groups is 1. The van der Waals surface area contributed by atoms with Crippen molar-refractivity contribution in [2.24, 2.45) is 0 Å². The summed E-state index contributed by atoms with van der Waals surface area (Å²) >= 11 is 8.89. The normalized spacial score (nSPS) is 14.0. The van der Waals surface area contributed by atoms with Gasteiger partial charge >= 0.3 is 12.1 Å². The molecule has 4 N–H and O–H groups in total. The molecule has 21 heavy (non-hydrogen) atoms. The first kappa shape index (κ1) is 20.0. The van der Waals surface area contributed by atoms with Crippen molar-refractivity contribution in [3.8, 4) is 0 Å². The maximum absolute atomic E-state index is 12.1. The highest BCUT2D eigenvalue weighted by molar-refractivity contribution is 7.80. The molecule has 0 amide bonds. The molecule has 0 bridgehead atoms. The molecule has 2 atom stereocenters. The van der Waals surface area contributed by atoms with Crippen LogP contribution in [0.25, 0.3) is 0 Å². The predicted molar refractivity (Wildman–Crippen MR) is 75.9 cm³/mol. The third-order valence-corrected chi connectivity index (χ3v) is 2.84. The number of esters is 1. The van der Waals surface area contributed by atoms with E-state index in [1.165, 1.54) is 0 Å². The maximum Gasteiger partial charge on any atom is 0.441 e. The molecular weight excluding hydrogens is 333 g/mol. The van der Waals surface area contributed by atoms with E-state index < -0.39 is 42.4 Å². The highest BCUT2D eigenvalue weighted by Crippen LogP contribution is 2.15. The molecule has 122 valence electrons. The Bertz CT molecular complexity index is 393. The van der Waals surface area contributed by atoms with Gasteiger partial charge < -0.3 is 25.6 Å². The van der Waals surface area contributed by atoms with Crippen LogP contribution in [-0.2, 0) is 9.53 Å². The number of nitrogens with one attached hydrogen (secondary N) is 2. The Morgan fingerprint density at radius 3 is 2.38 bits per heavy atom. The first-order chi connectivity index (χ1) is 9.61. The number of alkyl halides is 3. The van der Waals surface area contributed by atoms with E-state index in [2.05, 4.69) is 22.3 Å². The Morgan fingerprint density at radius 2 is 1.95 bits per heavy atom. The smallest absolute Gasteiger partial charge is 0.441 e. The molecule has 0 aliphatic carbocycles. The predicted octanol–water partition coefficient (Wildman–Crippen LogP) is -0.332. The van der Waals surface area contributed by atoms with E-state index in [1.54, 1.807) is 0 Å². The number of hydrogen-bond acceptors (Lipinski definition) is 6. The zero-order valence-electron chi connectivity index (χ0n) is 10.9. The molecular formula is C10H15F3N2O4S2. The van der Waals surface area contributed by atoms with E-state index in [9.17, 15) is 23.1 Å². The minimum Gasteiger partial charge on any atom is -0.467 e. The molecule has 6 nitrogen and oxygen atoms in total. The number of aliphatic hydroxyl groups is 2. The molecule has 2 unspecified atom stereocenters. The van der Waals surface area contributed by atoms with Gasteiger partial charge in [-0.25, -0.2) is 4.79 Å². The van der Waals surface area contributed by atoms with Crippen LogP contribution in [0.1, 0.15) is 6.42 Å². The fourth-order valence-corrected chi connectivity index (χ4v) is 1.59. The van der Waals surface area contributed by atoms with Crippen molar-refractivity contribution in [1.29, 1.82) is 0 Å². The van der Waals surface area contributed by atoms with Gasteiger partial charge in [-0.2, -0.15) is 13.2 Å². The number of hydrogen-bond donors (Lipinski definition) is 4. The molecule has 0 rings (SSSR count). The summed E-state index contributed by atoms with van der Waals surface area (Å²) in [5, 5.41) is 22.7. The monoisotopic (exact) mass is 348 g/mol. The molecule has 0 aromatic carbocycles. The number of rotatable bonds is 7. The van der Waals surface area contributed by atoms with Gasteiger partial charge in [0.1, 0.15) is 6.04 Å². The van der Waals surface area contributed by atoms with Crippen LogP contribution in [0.4, 0.5) is 13.2 Å². The Morgan fingerprint density at radius 1 is 1.38 bits per heavy atom. The molecule has 0 spiro atoms. The summed E-state index contributed by atoms with van der Waals surface area (Å²) in [6, 6.07) is -1.10. The molecule has 0 saturated carbocycles. The summed E-state index contributed by atoms with van der Waals surface area (Å²) in [7, 11) is 1.12. The summed E-state index contributed by atoms with van der Waals surface area (Å²) in [6.45, 7) is -1.04. The Kier molecular flexibility index (Phi) is 8.63. The lowest BCUT2D eigenvalue weighted by Gasteiger charge is -2.19. The number of halogens is 3. The van der Waals surface area contributed by atoms with Crippen molar-refractivity contribution in [2.75, 3.05) is 20.3 Å². The van der Waals surface area contributed by atoms with Crippen molar-refractivity contribution in [1.82, 2.24) is 10.6 Å². The second-order valence-corrected chi connectivity index (χ2v) is 4.79. The van der Waals surface area contributed by atoms with Gasteiger partial charge in [-0.3, -0.25) is 0 Å². The number of ether oxygens (including phenoxy) is 1. The summed E-state index contributed by atoms with van der Waals surface area (Å²) < 4.78 is 40.7. The van der Waals surface area contributed by atoms with Crippen molar-refractivity contribution in [3.05, 3.63) is 0 Å². The molecule has 0 fully saturated rings. The Hall–Kier alpha value is -1.04.